The molecule has 0 radical (unpaired) electrons. The van der Waals surface area contributed by atoms with Crippen molar-refractivity contribution in [3.8, 4) is 0 Å². The second kappa shape index (κ2) is 9.34. The minimum atomic E-state index is -0.00960. The Morgan fingerprint density at radius 1 is 1.09 bits per heavy atom. The van der Waals surface area contributed by atoms with Crippen molar-refractivity contribution < 1.29 is 4.79 Å². The number of fused-ring (bicyclic) bond motifs is 1. The molecule has 1 atom stereocenters. The minimum Gasteiger partial charge on any atom is -0.365 e. The van der Waals surface area contributed by atoms with Gasteiger partial charge in [0.1, 0.15) is 5.56 Å². The summed E-state index contributed by atoms with van der Waals surface area (Å²) in [5, 5.41) is 5.27. The Hall–Kier alpha value is -3.38. The van der Waals surface area contributed by atoms with Gasteiger partial charge in [0.25, 0.3) is 5.91 Å². The summed E-state index contributed by atoms with van der Waals surface area (Å²) in [4.78, 5) is 22.7. The number of nitrogens with zero attached hydrogens (tertiary/aromatic N) is 5. The predicted octanol–water partition coefficient (Wildman–Crippen LogP) is 5.25. The Kier molecular flexibility index (Phi) is 6.24. The zero-order valence-corrected chi connectivity index (χ0v) is 21.4. The highest BCUT2D eigenvalue weighted by Gasteiger charge is 2.30. The molecule has 1 aliphatic heterocycles. The van der Waals surface area contributed by atoms with E-state index in [1.54, 1.807) is 10.7 Å². The van der Waals surface area contributed by atoms with E-state index >= 15 is 0 Å². The number of hydrogen-bond donors (Lipinski definition) is 0. The van der Waals surface area contributed by atoms with E-state index in [9.17, 15) is 4.79 Å². The van der Waals surface area contributed by atoms with Crippen LogP contribution >= 0.6 is 11.6 Å². The molecule has 0 N–H and O–H groups in total. The lowest BCUT2D eigenvalue weighted by atomic mass is 10.0. The van der Waals surface area contributed by atoms with Crippen LogP contribution in [0.2, 0.25) is 5.02 Å². The van der Waals surface area contributed by atoms with Crippen LogP contribution in [0, 0.1) is 20.8 Å². The number of carbonyl (C=O) groups excluding carboxylic acids is 1. The monoisotopic (exact) mass is 487 g/mol. The van der Waals surface area contributed by atoms with Gasteiger partial charge in [-0.3, -0.25) is 4.79 Å². The van der Waals surface area contributed by atoms with E-state index in [-0.39, 0.29) is 11.9 Å². The van der Waals surface area contributed by atoms with E-state index in [0.717, 1.165) is 34.1 Å². The lowest BCUT2D eigenvalue weighted by molar-refractivity contribution is 0.0728. The van der Waals surface area contributed by atoms with Gasteiger partial charge < -0.3 is 9.80 Å². The number of aryl methyl sites for hydroxylation is 3. The van der Waals surface area contributed by atoms with Crippen LogP contribution in [0.4, 0.5) is 5.69 Å². The molecule has 0 spiro atoms. The van der Waals surface area contributed by atoms with Gasteiger partial charge in [0.15, 0.2) is 5.65 Å². The summed E-state index contributed by atoms with van der Waals surface area (Å²) in [5.41, 5.74) is 7.74. The van der Waals surface area contributed by atoms with Gasteiger partial charge in [0, 0.05) is 54.2 Å². The topological polar surface area (TPSA) is 53.7 Å². The van der Waals surface area contributed by atoms with Gasteiger partial charge in [0.2, 0.25) is 0 Å². The fourth-order valence-electron chi connectivity index (χ4n) is 5.07. The highest BCUT2D eigenvalue weighted by molar-refractivity contribution is 6.30. The molecule has 1 amide bonds. The molecule has 3 heterocycles. The predicted molar refractivity (Wildman–Crippen MR) is 141 cm³/mol. The summed E-state index contributed by atoms with van der Waals surface area (Å²) in [5.74, 6) is -0.00960. The highest BCUT2D eigenvalue weighted by Crippen LogP contribution is 2.25. The molecular weight excluding hydrogens is 458 g/mol. The average Bonchev–Trinajstić information content (AvgIpc) is 3.25. The first-order valence-corrected chi connectivity index (χ1v) is 12.4. The number of piperazine rings is 1. The maximum atomic E-state index is 13.6. The largest absolute Gasteiger partial charge is 0.365 e. The Balaban J connectivity index is 1.39. The number of aromatic nitrogens is 3. The lowest BCUT2D eigenvalue weighted by Crippen LogP contribution is -2.53. The van der Waals surface area contributed by atoms with Crippen molar-refractivity contribution in [2.24, 2.45) is 0 Å². The van der Waals surface area contributed by atoms with Crippen molar-refractivity contribution >= 4 is 28.8 Å². The van der Waals surface area contributed by atoms with E-state index in [1.807, 2.05) is 36.9 Å². The van der Waals surface area contributed by atoms with E-state index in [1.165, 1.54) is 11.3 Å². The van der Waals surface area contributed by atoms with Gasteiger partial charge in [-0.2, -0.15) is 5.10 Å². The van der Waals surface area contributed by atoms with Gasteiger partial charge in [-0.05, 0) is 68.7 Å². The number of hydrogen-bond acceptors (Lipinski definition) is 4. The number of amides is 1. The number of carbonyl (C=O) groups is 1. The molecule has 1 fully saturated rings. The number of benzene rings is 2. The first-order chi connectivity index (χ1) is 16.8. The van der Waals surface area contributed by atoms with Crippen LogP contribution < -0.4 is 4.90 Å². The molecule has 0 unspecified atom stereocenters. The number of rotatable bonds is 4. The van der Waals surface area contributed by atoms with Crippen LogP contribution in [0.25, 0.3) is 5.65 Å². The average molecular weight is 488 g/mol. The Bertz CT molecular complexity index is 1410. The first kappa shape index (κ1) is 23.4. The molecule has 1 saturated heterocycles. The van der Waals surface area contributed by atoms with Gasteiger partial charge in [-0.15, -0.1) is 0 Å². The zero-order chi connectivity index (χ0) is 24.7. The molecule has 4 aromatic rings. The van der Waals surface area contributed by atoms with Crippen molar-refractivity contribution in [1.82, 2.24) is 19.5 Å². The Labute approximate surface area is 211 Å². The molecule has 2 aromatic carbocycles. The SMILES string of the molecule is Cc1cccc(N2CCN(C(=O)c3cnn4c(C)c(Cc5cccc(Cl)c5)c(C)nc34)C[C@@H]2C)c1. The van der Waals surface area contributed by atoms with Crippen LogP contribution in [-0.2, 0) is 6.42 Å². The summed E-state index contributed by atoms with van der Waals surface area (Å²) in [6.07, 6.45) is 2.38. The van der Waals surface area contributed by atoms with E-state index in [2.05, 4.69) is 54.2 Å². The van der Waals surface area contributed by atoms with Crippen molar-refractivity contribution in [2.45, 2.75) is 40.2 Å². The summed E-state index contributed by atoms with van der Waals surface area (Å²) in [7, 11) is 0. The third kappa shape index (κ3) is 4.50. The number of halogens is 1. The van der Waals surface area contributed by atoms with E-state index in [0.29, 0.717) is 30.7 Å². The van der Waals surface area contributed by atoms with Crippen LogP contribution in [0.15, 0.2) is 54.7 Å². The molecule has 5 rings (SSSR count). The maximum Gasteiger partial charge on any atom is 0.259 e. The summed E-state index contributed by atoms with van der Waals surface area (Å²) < 4.78 is 1.80. The molecule has 7 heteroatoms. The molecule has 0 aliphatic carbocycles. The third-order valence-electron chi connectivity index (χ3n) is 6.96. The third-order valence-corrected chi connectivity index (χ3v) is 7.19. The fraction of sp³-hybridized carbons (Fsp3) is 0.321. The van der Waals surface area contributed by atoms with Crippen molar-refractivity contribution in [3.63, 3.8) is 0 Å². The van der Waals surface area contributed by atoms with Gasteiger partial charge in [-0.1, -0.05) is 35.9 Å². The zero-order valence-electron chi connectivity index (χ0n) is 20.6. The first-order valence-electron chi connectivity index (χ1n) is 12.0. The normalized spacial score (nSPS) is 16.2. The van der Waals surface area contributed by atoms with Crippen molar-refractivity contribution in [3.05, 3.63) is 93.4 Å². The highest BCUT2D eigenvalue weighted by atomic mass is 35.5. The van der Waals surface area contributed by atoms with Crippen molar-refractivity contribution in [1.29, 1.82) is 0 Å². The van der Waals surface area contributed by atoms with Gasteiger partial charge in [0.05, 0.1) is 6.20 Å². The second-order valence-corrected chi connectivity index (χ2v) is 9.93. The lowest BCUT2D eigenvalue weighted by Gasteiger charge is -2.41. The second-order valence-electron chi connectivity index (χ2n) is 9.49. The summed E-state index contributed by atoms with van der Waals surface area (Å²) in [6.45, 7) is 10.4. The molecule has 1 aliphatic rings. The smallest absolute Gasteiger partial charge is 0.259 e. The molecular formula is C28H30ClN5O. The Morgan fingerprint density at radius 2 is 1.89 bits per heavy atom. The summed E-state index contributed by atoms with van der Waals surface area (Å²) in [6, 6.07) is 16.6. The number of anilines is 1. The summed E-state index contributed by atoms with van der Waals surface area (Å²) >= 11 is 6.18. The van der Waals surface area contributed by atoms with Crippen LogP contribution in [0.3, 0.4) is 0 Å². The Morgan fingerprint density at radius 3 is 2.63 bits per heavy atom. The standard InChI is InChI=1S/C28H30ClN5O/c1-18-7-5-10-24(13-18)33-12-11-32(17-19(33)2)28(35)26-16-30-34-21(4)25(20(3)31-27(26)34)15-22-8-6-9-23(29)14-22/h5-10,13-14,16,19H,11-12,15,17H2,1-4H3/t19-/m0/s1. The fourth-order valence-corrected chi connectivity index (χ4v) is 5.28. The van der Waals surface area contributed by atoms with Gasteiger partial charge in [-0.25, -0.2) is 9.50 Å². The van der Waals surface area contributed by atoms with E-state index < -0.39 is 0 Å². The molecule has 180 valence electrons. The van der Waals surface area contributed by atoms with Crippen LogP contribution in [0.1, 0.15) is 45.4 Å². The quantitative estimate of drug-likeness (QED) is 0.394. The van der Waals surface area contributed by atoms with Crippen molar-refractivity contribution in [2.75, 3.05) is 24.5 Å². The van der Waals surface area contributed by atoms with E-state index in [4.69, 9.17) is 16.6 Å². The van der Waals surface area contributed by atoms with Crippen LogP contribution in [-0.4, -0.2) is 51.1 Å². The molecule has 6 nitrogen and oxygen atoms in total. The molecule has 2 aromatic heterocycles. The molecule has 0 saturated carbocycles. The maximum absolute atomic E-state index is 13.6. The minimum absolute atomic E-state index is 0.00960. The van der Waals surface area contributed by atoms with Gasteiger partial charge >= 0.3 is 0 Å². The van der Waals surface area contributed by atoms with Crippen LogP contribution in [0.5, 0.6) is 0 Å². The molecule has 35 heavy (non-hydrogen) atoms. The molecule has 0 bridgehead atoms.